The average Bonchev–Trinajstić information content (AvgIpc) is 2.63. The number of sulfonamides is 1. The predicted molar refractivity (Wildman–Crippen MR) is 81.5 cm³/mol. The van der Waals surface area contributed by atoms with Gasteiger partial charge in [0.25, 0.3) is 10.0 Å². The molecule has 0 spiro atoms. The summed E-state index contributed by atoms with van der Waals surface area (Å²) < 4.78 is 27.4. The quantitative estimate of drug-likeness (QED) is 0.821. The first-order chi connectivity index (χ1) is 8.79. The van der Waals surface area contributed by atoms with E-state index in [2.05, 4.69) is 25.6 Å². The Bertz CT molecular complexity index is 733. The summed E-state index contributed by atoms with van der Waals surface area (Å²) in [7, 11) is -3.85. The van der Waals surface area contributed by atoms with Gasteiger partial charge in [-0.2, -0.15) is 0 Å². The summed E-state index contributed by atoms with van der Waals surface area (Å²) in [5.74, 6) is 0.118. The van der Waals surface area contributed by atoms with Crippen molar-refractivity contribution >= 4 is 72.0 Å². The van der Waals surface area contributed by atoms with E-state index in [1.54, 1.807) is 0 Å². The lowest BCUT2D eigenvalue weighted by molar-refractivity contribution is 0.601. The maximum atomic E-state index is 12.1. The minimum absolute atomic E-state index is 0.0871. The molecule has 10 heteroatoms. The first-order valence-electron chi connectivity index (χ1n) is 4.68. The molecule has 2 rings (SSSR count). The summed E-state index contributed by atoms with van der Waals surface area (Å²) in [4.78, 5) is 3.80. The molecule has 0 aromatic carbocycles. The van der Waals surface area contributed by atoms with Gasteiger partial charge in [0, 0.05) is 0 Å². The highest BCUT2D eigenvalue weighted by Crippen LogP contribution is 2.35. The van der Waals surface area contributed by atoms with Crippen LogP contribution in [-0.4, -0.2) is 13.4 Å². The first-order valence-corrected chi connectivity index (χ1v) is 8.53. The molecule has 2 heterocycles. The molecular formula is C9H6BrCl2N3O2S2. The molecule has 2 aromatic heterocycles. The summed E-state index contributed by atoms with van der Waals surface area (Å²) >= 11 is 15.7. The predicted octanol–water partition coefficient (Wildman–Crippen LogP) is 3.60. The summed E-state index contributed by atoms with van der Waals surface area (Å²) in [6.45, 7) is 0. The van der Waals surface area contributed by atoms with Gasteiger partial charge in [-0.25, -0.2) is 13.4 Å². The Morgan fingerprint density at radius 3 is 2.58 bits per heavy atom. The number of nitrogens with zero attached hydrogens (tertiary/aromatic N) is 1. The van der Waals surface area contributed by atoms with E-state index < -0.39 is 10.0 Å². The van der Waals surface area contributed by atoms with Gasteiger partial charge in [-0.05, 0) is 28.1 Å². The van der Waals surface area contributed by atoms with E-state index in [0.717, 1.165) is 11.3 Å². The van der Waals surface area contributed by atoms with Crippen molar-refractivity contribution in [2.45, 2.75) is 4.90 Å². The second kappa shape index (κ2) is 5.45. The van der Waals surface area contributed by atoms with Crippen molar-refractivity contribution in [3.05, 3.63) is 31.5 Å². The van der Waals surface area contributed by atoms with Crippen molar-refractivity contribution in [2.24, 2.45) is 0 Å². The molecule has 5 nitrogen and oxygen atoms in total. The Morgan fingerprint density at radius 2 is 2.05 bits per heavy atom. The molecule has 0 saturated carbocycles. The van der Waals surface area contributed by atoms with Crippen LogP contribution in [0.4, 0.5) is 11.5 Å². The maximum absolute atomic E-state index is 12.1. The largest absolute Gasteiger partial charge is 0.397 e. The molecule has 0 unspecified atom stereocenters. The van der Waals surface area contributed by atoms with E-state index in [-0.39, 0.29) is 19.4 Å². The highest BCUT2D eigenvalue weighted by Gasteiger charge is 2.22. The number of thiophene rings is 1. The topological polar surface area (TPSA) is 85.1 Å². The van der Waals surface area contributed by atoms with Crippen molar-refractivity contribution in [1.29, 1.82) is 0 Å². The van der Waals surface area contributed by atoms with E-state index in [1.807, 2.05) is 0 Å². The van der Waals surface area contributed by atoms with Crippen LogP contribution in [0, 0.1) is 0 Å². The van der Waals surface area contributed by atoms with Gasteiger partial charge in [0.2, 0.25) is 0 Å². The highest BCUT2D eigenvalue weighted by molar-refractivity contribution is 9.10. The number of nitrogens with one attached hydrogen (secondary N) is 1. The molecule has 0 atom stereocenters. The van der Waals surface area contributed by atoms with E-state index in [4.69, 9.17) is 28.9 Å². The van der Waals surface area contributed by atoms with Gasteiger partial charge in [0.05, 0.1) is 20.7 Å². The van der Waals surface area contributed by atoms with Gasteiger partial charge in [0.15, 0.2) is 5.82 Å². The SMILES string of the molecule is Nc1cnc(NS(=O)(=O)c2cc(Cl)sc2Cl)c(Br)c1. The normalized spacial score (nSPS) is 11.5. The summed E-state index contributed by atoms with van der Waals surface area (Å²) in [6.07, 6.45) is 1.34. The minimum atomic E-state index is -3.85. The molecule has 102 valence electrons. The van der Waals surface area contributed by atoms with E-state index in [0.29, 0.717) is 10.2 Å². The van der Waals surface area contributed by atoms with Crippen LogP contribution in [0.5, 0.6) is 0 Å². The monoisotopic (exact) mass is 401 g/mol. The molecule has 0 aliphatic heterocycles. The summed E-state index contributed by atoms with van der Waals surface area (Å²) in [5, 5.41) is 0. The molecule has 0 fully saturated rings. The Morgan fingerprint density at radius 1 is 1.37 bits per heavy atom. The van der Waals surface area contributed by atoms with E-state index >= 15 is 0 Å². The van der Waals surface area contributed by atoms with Crippen molar-refractivity contribution < 1.29 is 8.42 Å². The minimum Gasteiger partial charge on any atom is -0.397 e. The molecule has 19 heavy (non-hydrogen) atoms. The lowest BCUT2D eigenvalue weighted by Crippen LogP contribution is -2.14. The highest BCUT2D eigenvalue weighted by atomic mass is 79.9. The third kappa shape index (κ3) is 3.32. The molecular weight excluding hydrogens is 397 g/mol. The number of anilines is 2. The zero-order valence-electron chi connectivity index (χ0n) is 9.02. The lowest BCUT2D eigenvalue weighted by Gasteiger charge is -2.08. The number of pyridine rings is 1. The third-order valence-electron chi connectivity index (χ3n) is 2.01. The van der Waals surface area contributed by atoms with Crippen molar-refractivity contribution in [3.63, 3.8) is 0 Å². The second-order valence-corrected chi connectivity index (χ2v) is 8.18. The molecule has 3 N–H and O–H groups in total. The summed E-state index contributed by atoms with van der Waals surface area (Å²) in [5.41, 5.74) is 5.93. The van der Waals surface area contributed by atoms with Crippen LogP contribution in [0.2, 0.25) is 8.67 Å². The number of halogens is 3. The number of aromatic nitrogens is 1. The lowest BCUT2D eigenvalue weighted by atomic mass is 10.4. The summed E-state index contributed by atoms with van der Waals surface area (Å²) in [6, 6.07) is 2.81. The van der Waals surface area contributed by atoms with Crippen molar-refractivity contribution in [3.8, 4) is 0 Å². The molecule has 2 aromatic rings. The standard InChI is InChI=1S/C9H6BrCl2N3O2S2/c10-5-1-4(13)3-14-9(5)15-19(16,17)6-2-7(11)18-8(6)12/h1-3H,13H2,(H,14,15). The van der Waals surface area contributed by atoms with Gasteiger partial charge in [-0.1, -0.05) is 23.2 Å². The number of hydrogen-bond acceptors (Lipinski definition) is 5. The third-order valence-corrected chi connectivity index (χ3v) is 5.70. The zero-order valence-corrected chi connectivity index (χ0v) is 13.8. The van der Waals surface area contributed by atoms with Crippen LogP contribution in [0.15, 0.2) is 27.7 Å². The second-order valence-electron chi connectivity index (χ2n) is 3.39. The number of hydrogen-bond donors (Lipinski definition) is 2. The number of rotatable bonds is 3. The first kappa shape index (κ1) is 14.9. The van der Waals surface area contributed by atoms with Crippen molar-refractivity contribution in [2.75, 3.05) is 10.5 Å². The smallest absolute Gasteiger partial charge is 0.265 e. The molecule has 0 aliphatic carbocycles. The molecule has 0 radical (unpaired) electrons. The van der Waals surface area contributed by atoms with Crippen LogP contribution >= 0.6 is 50.5 Å². The Balaban J connectivity index is 2.39. The zero-order chi connectivity index (χ0) is 14.2. The average molecular weight is 403 g/mol. The Hall–Kier alpha value is -0.540. The van der Waals surface area contributed by atoms with Gasteiger partial charge in [-0.15, -0.1) is 11.3 Å². The van der Waals surface area contributed by atoms with E-state index in [9.17, 15) is 8.42 Å². The van der Waals surface area contributed by atoms with E-state index in [1.165, 1.54) is 18.3 Å². The van der Waals surface area contributed by atoms with Gasteiger partial charge < -0.3 is 5.73 Å². The number of nitrogens with two attached hydrogens (primary N) is 1. The van der Waals surface area contributed by atoms with Gasteiger partial charge in [-0.3, -0.25) is 4.72 Å². The fraction of sp³-hybridized carbons (Fsp3) is 0. The van der Waals surface area contributed by atoms with Gasteiger partial charge in [0.1, 0.15) is 9.23 Å². The van der Waals surface area contributed by atoms with Gasteiger partial charge >= 0.3 is 0 Å². The van der Waals surface area contributed by atoms with Crippen LogP contribution in [0.1, 0.15) is 0 Å². The maximum Gasteiger partial charge on any atom is 0.265 e. The van der Waals surface area contributed by atoms with Crippen LogP contribution in [0.3, 0.4) is 0 Å². The molecule has 0 amide bonds. The Labute approximate surface area is 131 Å². The Kier molecular flexibility index (Phi) is 4.26. The fourth-order valence-electron chi connectivity index (χ4n) is 1.22. The fourth-order valence-corrected chi connectivity index (χ4v) is 5.00. The molecule has 0 aliphatic rings. The molecule has 0 bridgehead atoms. The number of nitrogen functional groups attached to an aromatic ring is 1. The van der Waals surface area contributed by atoms with Crippen molar-refractivity contribution in [1.82, 2.24) is 4.98 Å². The molecule has 0 saturated heterocycles. The van der Waals surface area contributed by atoms with Crippen LogP contribution < -0.4 is 10.5 Å². The van der Waals surface area contributed by atoms with Crippen LogP contribution in [0.25, 0.3) is 0 Å². The van der Waals surface area contributed by atoms with Crippen LogP contribution in [-0.2, 0) is 10.0 Å².